The molecule has 8 nitrogen and oxygen atoms in total. The number of aromatic nitrogens is 6. The normalized spacial score (nSPS) is 11.3. The molecule has 0 fully saturated rings. The second-order valence-electron chi connectivity index (χ2n) is 5.66. The molecule has 0 saturated heterocycles. The van der Waals surface area contributed by atoms with E-state index in [0.717, 1.165) is 27.8 Å². The van der Waals surface area contributed by atoms with E-state index in [9.17, 15) is 27.2 Å². The number of hydrogen-bond acceptors (Lipinski definition) is 6. The van der Waals surface area contributed by atoms with Gasteiger partial charge in [-0.15, -0.1) is 9.73 Å². The highest BCUT2D eigenvalue weighted by molar-refractivity contribution is 7.98. The van der Waals surface area contributed by atoms with Crippen molar-refractivity contribution in [1.82, 2.24) is 29.4 Å². The molecule has 0 radical (unpaired) electrons. The highest BCUT2D eigenvalue weighted by atomic mass is 32.2. The van der Waals surface area contributed by atoms with Crippen LogP contribution in [-0.4, -0.2) is 29.4 Å². The van der Waals surface area contributed by atoms with Crippen LogP contribution in [-0.2, 0) is 5.75 Å². The van der Waals surface area contributed by atoms with Crippen molar-refractivity contribution in [2.45, 2.75) is 10.9 Å². The molecule has 0 aliphatic rings. The Bertz CT molecular complexity index is 1320. The Balaban J connectivity index is 1.85. The van der Waals surface area contributed by atoms with E-state index in [0.29, 0.717) is 23.9 Å². The lowest BCUT2D eigenvalue weighted by Crippen LogP contribution is -2.26. The first-order valence-electron chi connectivity index (χ1n) is 7.83. The Morgan fingerprint density at radius 2 is 1.76 bits per heavy atom. The van der Waals surface area contributed by atoms with Gasteiger partial charge in [0.05, 0.1) is 12.4 Å². The Morgan fingerprint density at radius 3 is 2.41 bits per heavy atom. The molecular formula is C16H8F4N6O2S. The minimum atomic E-state index is -1.11. The van der Waals surface area contributed by atoms with Gasteiger partial charge in [-0.1, -0.05) is 11.8 Å². The summed E-state index contributed by atoms with van der Waals surface area (Å²) in [6.07, 6.45) is 2.77. The van der Waals surface area contributed by atoms with Crippen LogP contribution in [0.2, 0.25) is 0 Å². The highest BCUT2D eigenvalue weighted by Crippen LogP contribution is 2.25. The Kier molecular flexibility index (Phi) is 4.66. The summed E-state index contributed by atoms with van der Waals surface area (Å²) in [6.45, 7) is 0. The molecule has 4 rings (SSSR count). The highest BCUT2D eigenvalue weighted by Gasteiger charge is 2.20. The number of hydrogen-bond donors (Lipinski definition) is 1. The minimum absolute atomic E-state index is 0.104. The van der Waals surface area contributed by atoms with Crippen molar-refractivity contribution in [1.29, 1.82) is 0 Å². The van der Waals surface area contributed by atoms with E-state index in [1.165, 1.54) is 0 Å². The van der Waals surface area contributed by atoms with Crippen LogP contribution in [0.3, 0.4) is 0 Å². The lowest BCUT2D eigenvalue weighted by molar-refractivity contribution is 0.531. The summed E-state index contributed by atoms with van der Waals surface area (Å²) >= 11 is 0.706. The van der Waals surface area contributed by atoms with E-state index < -0.39 is 45.5 Å². The summed E-state index contributed by atoms with van der Waals surface area (Å²) in [5.74, 6) is -4.71. The molecule has 0 aliphatic heterocycles. The molecule has 1 N–H and O–H groups in total. The zero-order valence-electron chi connectivity index (χ0n) is 14.1. The Hall–Kier alpha value is -3.48. The summed E-state index contributed by atoms with van der Waals surface area (Å²) in [6, 6.07) is 1.05. The Morgan fingerprint density at radius 1 is 1.03 bits per heavy atom. The van der Waals surface area contributed by atoms with Crippen molar-refractivity contribution in [3.63, 3.8) is 0 Å². The number of halogens is 4. The zero-order chi connectivity index (χ0) is 20.7. The van der Waals surface area contributed by atoms with E-state index >= 15 is 0 Å². The van der Waals surface area contributed by atoms with Crippen molar-refractivity contribution in [2.75, 3.05) is 0 Å². The van der Waals surface area contributed by atoms with Gasteiger partial charge in [-0.05, 0) is 0 Å². The van der Waals surface area contributed by atoms with Gasteiger partial charge in [0.25, 0.3) is 11.1 Å². The molecule has 0 spiro atoms. The molecule has 0 amide bonds. The van der Waals surface area contributed by atoms with Gasteiger partial charge in [0.2, 0.25) is 0 Å². The standard InChI is InChI=1S/C16H8F4N6O2S/c17-7-1-9(18)8(10(19)2-7)6-29-16-24-26-14(11(20)3-23-26)15(28)25(16)12-4-22-13(27)5-21-12/h1-5H,6H2,(H,22,27). The topological polar surface area (TPSA) is 97.9 Å². The fourth-order valence-corrected chi connectivity index (χ4v) is 3.49. The third-order valence-corrected chi connectivity index (χ3v) is 4.78. The van der Waals surface area contributed by atoms with Gasteiger partial charge < -0.3 is 4.98 Å². The maximum atomic E-state index is 13.9. The van der Waals surface area contributed by atoms with Crippen molar-refractivity contribution < 1.29 is 17.6 Å². The maximum absolute atomic E-state index is 13.9. The van der Waals surface area contributed by atoms with Crippen LogP contribution in [0.25, 0.3) is 11.3 Å². The number of nitrogens with zero attached hydrogens (tertiary/aromatic N) is 5. The van der Waals surface area contributed by atoms with Crippen LogP contribution in [0.5, 0.6) is 0 Å². The molecular weight excluding hydrogens is 416 g/mol. The summed E-state index contributed by atoms with van der Waals surface area (Å²) < 4.78 is 56.5. The summed E-state index contributed by atoms with van der Waals surface area (Å²) in [7, 11) is 0. The lowest BCUT2D eigenvalue weighted by atomic mass is 10.2. The predicted octanol–water partition coefficient (Wildman–Crippen LogP) is 1.81. The van der Waals surface area contributed by atoms with E-state index in [1.807, 2.05) is 0 Å². The second-order valence-corrected chi connectivity index (χ2v) is 6.60. The number of rotatable bonds is 4. The molecule has 0 unspecified atom stereocenters. The first kappa shape index (κ1) is 18.9. The molecule has 0 atom stereocenters. The van der Waals surface area contributed by atoms with Crippen molar-refractivity contribution in [3.8, 4) is 5.82 Å². The quantitative estimate of drug-likeness (QED) is 0.397. The predicted molar refractivity (Wildman–Crippen MR) is 92.8 cm³/mol. The number of H-pyrrole nitrogens is 1. The molecule has 3 aromatic heterocycles. The summed E-state index contributed by atoms with van der Waals surface area (Å²) in [4.78, 5) is 30.2. The number of benzene rings is 1. The monoisotopic (exact) mass is 424 g/mol. The van der Waals surface area contributed by atoms with E-state index in [2.05, 4.69) is 20.2 Å². The number of aromatic amines is 1. The van der Waals surface area contributed by atoms with Crippen LogP contribution >= 0.6 is 11.8 Å². The molecule has 0 bridgehead atoms. The van der Waals surface area contributed by atoms with Crippen molar-refractivity contribution in [3.05, 3.63) is 80.3 Å². The average molecular weight is 424 g/mol. The molecule has 29 heavy (non-hydrogen) atoms. The minimum Gasteiger partial charge on any atom is -0.324 e. The number of thioether (sulfide) groups is 1. The molecule has 0 saturated carbocycles. The van der Waals surface area contributed by atoms with Gasteiger partial charge in [0.15, 0.2) is 22.3 Å². The van der Waals surface area contributed by atoms with Crippen LogP contribution in [0.4, 0.5) is 17.6 Å². The molecule has 0 aliphatic carbocycles. The van der Waals surface area contributed by atoms with E-state index in [4.69, 9.17) is 0 Å². The van der Waals surface area contributed by atoms with Gasteiger partial charge in [0, 0.05) is 29.6 Å². The maximum Gasteiger partial charge on any atom is 0.289 e. The van der Waals surface area contributed by atoms with Crippen LogP contribution in [0.15, 0.2) is 45.5 Å². The van der Waals surface area contributed by atoms with Crippen molar-refractivity contribution >= 4 is 17.3 Å². The third-order valence-electron chi connectivity index (χ3n) is 3.82. The number of nitrogens with one attached hydrogen (secondary N) is 1. The Labute approximate surface area is 161 Å². The fourth-order valence-electron chi connectivity index (χ4n) is 2.50. The lowest BCUT2D eigenvalue weighted by Gasteiger charge is -2.11. The van der Waals surface area contributed by atoms with Gasteiger partial charge in [-0.3, -0.25) is 9.59 Å². The summed E-state index contributed by atoms with van der Waals surface area (Å²) in [5.41, 5.74) is -2.38. The van der Waals surface area contributed by atoms with Crippen LogP contribution < -0.4 is 11.1 Å². The largest absolute Gasteiger partial charge is 0.324 e. The summed E-state index contributed by atoms with van der Waals surface area (Å²) in [5, 5.41) is 7.46. The van der Waals surface area contributed by atoms with E-state index in [1.54, 1.807) is 0 Å². The number of fused-ring (bicyclic) bond motifs is 1. The second kappa shape index (κ2) is 7.16. The first-order chi connectivity index (χ1) is 13.8. The van der Waals surface area contributed by atoms with E-state index in [-0.39, 0.29) is 16.7 Å². The van der Waals surface area contributed by atoms with Crippen LogP contribution in [0, 0.1) is 23.3 Å². The first-order valence-corrected chi connectivity index (χ1v) is 8.81. The van der Waals surface area contributed by atoms with Gasteiger partial charge in [-0.25, -0.2) is 27.1 Å². The van der Waals surface area contributed by atoms with Gasteiger partial charge in [0.1, 0.15) is 17.5 Å². The molecule has 13 heteroatoms. The zero-order valence-corrected chi connectivity index (χ0v) is 14.9. The molecule has 1 aromatic carbocycles. The molecule has 148 valence electrons. The molecule has 3 heterocycles. The fraction of sp³-hybridized carbons (Fsp3) is 0.0625. The molecule has 4 aromatic rings. The van der Waals surface area contributed by atoms with Gasteiger partial charge in [-0.2, -0.15) is 5.10 Å². The van der Waals surface area contributed by atoms with Gasteiger partial charge >= 0.3 is 0 Å². The SMILES string of the molecule is O=c1cnc(-n2c(SCc3c(F)cc(F)cc3F)nn3ncc(F)c3c2=O)c[nH]1. The van der Waals surface area contributed by atoms with Crippen molar-refractivity contribution in [2.24, 2.45) is 0 Å². The van der Waals surface area contributed by atoms with Crippen LogP contribution in [0.1, 0.15) is 5.56 Å². The smallest absolute Gasteiger partial charge is 0.289 e. The third kappa shape index (κ3) is 3.40. The average Bonchev–Trinajstić information content (AvgIpc) is 3.03.